The Morgan fingerprint density at radius 2 is 2.06 bits per heavy atom. The number of hydrogen-bond acceptors (Lipinski definition) is 3. The summed E-state index contributed by atoms with van der Waals surface area (Å²) >= 11 is 0. The number of nitrogen functional groups attached to an aromatic ring is 1. The van der Waals surface area contributed by atoms with Crippen molar-refractivity contribution in [3.8, 4) is 0 Å². The van der Waals surface area contributed by atoms with Crippen molar-refractivity contribution in [3.05, 3.63) is 11.4 Å². The zero-order chi connectivity index (χ0) is 12.1. The average molecular weight is 224 g/mol. The Bertz CT molecular complexity index is 370. The lowest BCUT2D eigenvalue weighted by atomic mass is 10.2. The molecule has 5 nitrogen and oxygen atoms in total. The maximum atomic E-state index is 11.5. The molecular formula is C11H20N4O. The van der Waals surface area contributed by atoms with Crippen LogP contribution < -0.4 is 11.1 Å². The van der Waals surface area contributed by atoms with Gasteiger partial charge in [-0.3, -0.25) is 9.48 Å². The Kier molecular flexibility index (Phi) is 4.34. The van der Waals surface area contributed by atoms with E-state index in [-0.39, 0.29) is 12.5 Å². The molecule has 0 unspecified atom stereocenters. The maximum Gasteiger partial charge on any atom is 0.241 e. The van der Waals surface area contributed by atoms with Gasteiger partial charge in [-0.15, -0.1) is 0 Å². The van der Waals surface area contributed by atoms with Crippen LogP contribution in [0, 0.1) is 0 Å². The van der Waals surface area contributed by atoms with Gasteiger partial charge < -0.3 is 11.1 Å². The van der Waals surface area contributed by atoms with E-state index >= 15 is 0 Å². The summed E-state index contributed by atoms with van der Waals surface area (Å²) < 4.78 is 1.71. The van der Waals surface area contributed by atoms with Crippen LogP contribution in [-0.2, 0) is 24.2 Å². The molecule has 0 aromatic carbocycles. The minimum Gasteiger partial charge on any atom is -0.396 e. The summed E-state index contributed by atoms with van der Waals surface area (Å²) in [5, 5.41) is 7.10. The molecule has 1 aromatic rings. The Morgan fingerprint density at radius 3 is 2.56 bits per heavy atom. The molecule has 90 valence electrons. The lowest BCUT2D eigenvalue weighted by molar-refractivity contribution is -0.121. The van der Waals surface area contributed by atoms with E-state index in [0.29, 0.717) is 6.54 Å². The molecule has 5 heteroatoms. The molecule has 0 aliphatic carbocycles. The number of nitrogens with two attached hydrogens (primary N) is 1. The van der Waals surface area contributed by atoms with Crippen LogP contribution in [0.4, 0.5) is 5.69 Å². The predicted octanol–water partition coefficient (Wildman–Crippen LogP) is 0.726. The van der Waals surface area contributed by atoms with Crippen molar-refractivity contribution in [2.24, 2.45) is 0 Å². The van der Waals surface area contributed by atoms with Crippen molar-refractivity contribution in [3.63, 3.8) is 0 Å². The number of rotatable bonds is 5. The van der Waals surface area contributed by atoms with Crippen molar-refractivity contribution < 1.29 is 4.79 Å². The monoisotopic (exact) mass is 224 g/mol. The van der Waals surface area contributed by atoms with E-state index in [9.17, 15) is 4.79 Å². The van der Waals surface area contributed by atoms with Gasteiger partial charge >= 0.3 is 0 Å². The highest BCUT2D eigenvalue weighted by molar-refractivity contribution is 5.75. The van der Waals surface area contributed by atoms with Crippen LogP contribution in [0.3, 0.4) is 0 Å². The molecule has 1 amide bonds. The van der Waals surface area contributed by atoms with E-state index in [2.05, 4.69) is 10.4 Å². The third-order valence-corrected chi connectivity index (χ3v) is 2.51. The summed E-state index contributed by atoms with van der Waals surface area (Å²) in [4.78, 5) is 11.5. The van der Waals surface area contributed by atoms with Crippen LogP contribution in [0.15, 0.2) is 0 Å². The molecule has 0 fully saturated rings. The highest BCUT2D eigenvalue weighted by atomic mass is 16.2. The number of aryl methyl sites for hydroxylation is 1. The molecule has 0 aliphatic rings. The fraction of sp³-hybridized carbons (Fsp3) is 0.636. The molecule has 0 atom stereocenters. The van der Waals surface area contributed by atoms with Crippen LogP contribution >= 0.6 is 0 Å². The van der Waals surface area contributed by atoms with Crippen molar-refractivity contribution >= 4 is 11.6 Å². The Hall–Kier alpha value is -1.52. The highest BCUT2D eigenvalue weighted by Crippen LogP contribution is 2.18. The fourth-order valence-corrected chi connectivity index (χ4v) is 1.72. The lowest BCUT2D eigenvalue weighted by Crippen LogP contribution is -2.28. The topological polar surface area (TPSA) is 72.9 Å². The molecular weight excluding hydrogens is 204 g/mol. The van der Waals surface area contributed by atoms with Gasteiger partial charge in [0.2, 0.25) is 5.91 Å². The number of hydrogen-bond donors (Lipinski definition) is 2. The molecule has 0 spiro atoms. The standard InChI is InChI=1S/C11H20N4O/c1-4-8-11(12)9(5-2)15(14-8)7-10(16)13-6-3/h4-7,12H2,1-3H3,(H,13,16). The summed E-state index contributed by atoms with van der Waals surface area (Å²) in [5.74, 6) is -0.0256. The number of carbonyl (C=O) groups excluding carboxylic acids is 1. The number of amides is 1. The van der Waals surface area contributed by atoms with E-state index in [1.165, 1.54) is 0 Å². The third kappa shape index (κ3) is 2.53. The van der Waals surface area contributed by atoms with E-state index in [0.717, 1.165) is 29.9 Å². The maximum absolute atomic E-state index is 11.5. The van der Waals surface area contributed by atoms with Gasteiger partial charge in [0.05, 0.1) is 17.1 Å². The molecule has 16 heavy (non-hydrogen) atoms. The molecule has 0 radical (unpaired) electrons. The summed E-state index contributed by atoms with van der Waals surface area (Å²) in [6.07, 6.45) is 1.58. The number of nitrogens with one attached hydrogen (secondary N) is 1. The molecule has 0 saturated heterocycles. The molecule has 1 aromatic heterocycles. The van der Waals surface area contributed by atoms with Gasteiger partial charge in [-0.05, 0) is 19.8 Å². The molecule has 1 rings (SSSR count). The first-order valence-electron chi connectivity index (χ1n) is 5.74. The molecule has 1 heterocycles. The zero-order valence-electron chi connectivity index (χ0n) is 10.2. The van der Waals surface area contributed by atoms with Crippen molar-refractivity contribution in [2.75, 3.05) is 12.3 Å². The van der Waals surface area contributed by atoms with Gasteiger partial charge in [-0.25, -0.2) is 0 Å². The SMILES string of the molecule is CCNC(=O)Cn1nc(CC)c(N)c1CC. The second kappa shape index (κ2) is 5.53. The van der Waals surface area contributed by atoms with E-state index in [1.807, 2.05) is 20.8 Å². The second-order valence-electron chi connectivity index (χ2n) is 3.63. The lowest BCUT2D eigenvalue weighted by Gasteiger charge is -2.06. The number of anilines is 1. The minimum atomic E-state index is -0.0256. The fourth-order valence-electron chi connectivity index (χ4n) is 1.72. The molecule has 0 bridgehead atoms. The smallest absolute Gasteiger partial charge is 0.241 e. The van der Waals surface area contributed by atoms with Gasteiger partial charge in [0.15, 0.2) is 0 Å². The van der Waals surface area contributed by atoms with Crippen LogP contribution in [0.5, 0.6) is 0 Å². The molecule has 0 saturated carbocycles. The van der Waals surface area contributed by atoms with E-state index < -0.39 is 0 Å². The summed E-state index contributed by atoms with van der Waals surface area (Å²) in [5.41, 5.74) is 8.51. The van der Waals surface area contributed by atoms with Gasteiger partial charge in [0.25, 0.3) is 0 Å². The largest absolute Gasteiger partial charge is 0.396 e. The predicted molar refractivity (Wildman–Crippen MR) is 64.1 cm³/mol. The van der Waals surface area contributed by atoms with Crippen molar-refractivity contribution in [1.82, 2.24) is 15.1 Å². The molecule has 3 N–H and O–H groups in total. The quantitative estimate of drug-likeness (QED) is 0.774. The number of carbonyl (C=O) groups is 1. The Labute approximate surface area is 96.0 Å². The van der Waals surface area contributed by atoms with Crippen molar-refractivity contribution in [1.29, 1.82) is 0 Å². The molecule has 0 aliphatic heterocycles. The minimum absolute atomic E-state index is 0.0256. The van der Waals surface area contributed by atoms with Crippen LogP contribution in [-0.4, -0.2) is 22.2 Å². The Balaban J connectivity index is 2.90. The number of likely N-dealkylation sites (N-methyl/N-ethyl adjacent to an activating group) is 1. The zero-order valence-corrected chi connectivity index (χ0v) is 10.2. The van der Waals surface area contributed by atoms with E-state index in [1.54, 1.807) is 4.68 Å². The van der Waals surface area contributed by atoms with Crippen molar-refractivity contribution in [2.45, 2.75) is 40.2 Å². The number of nitrogens with zero attached hydrogens (tertiary/aromatic N) is 2. The second-order valence-corrected chi connectivity index (χ2v) is 3.63. The third-order valence-electron chi connectivity index (χ3n) is 2.51. The Morgan fingerprint density at radius 1 is 1.38 bits per heavy atom. The summed E-state index contributed by atoms with van der Waals surface area (Å²) in [6.45, 7) is 6.81. The normalized spacial score (nSPS) is 10.4. The highest BCUT2D eigenvalue weighted by Gasteiger charge is 2.14. The van der Waals surface area contributed by atoms with Crippen LogP contribution in [0.1, 0.15) is 32.2 Å². The first-order chi connectivity index (χ1) is 7.63. The van der Waals surface area contributed by atoms with Gasteiger partial charge in [-0.2, -0.15) is 5.10 Å². The summed E-state index contributed by atoms with van der Waals surface area (Å²) in [6, 6.07) is 0. The first kappa shape index (κ1) is 12.5. The van der Waals surface area contributed by atoms with Crippen LogP contribution in [0.25, 0.3) is 0 Å². The summed E-state index contributed by atoms with van der Waals surface area (Å²) in [7, 11) is 0. The number of aromatic nitrogens is 2. The average Bonchev–Trinajstić information content (AvgIpc) is 2.54. The van der Waals surface area contributed by atoms with Gasteiger partial charge in [0.1, 0.15) is 6.54 Å². The van der Waals surface area contributed by atoms with E-state index in [4.69, 9.17) is 5.73 Å². The first-order valence-corrected chi connectivity index (χ1v) is 5.74. The van der Waals surface area contributed by atoms with Gasteiger partial charge in [-0.1, -0.05) is 13.8 Å². The van der Waals surface area contributed by atoms with Crippen LogP contribution in [0.2, 0.25) is 0 Å². The van der Waals surface area contributed by atoms with Gasteiger partial charge in [0, 0.05) is 6.54 Å².